The second-order valence-corrected chi connectivity index (χ2v) is 7.24. The van der Waals surface area contributed by atoms with Gasteiger partial charge in [-0.3, -0.25) is 9.69 Å². The van der Waals surface area contributed by atoms with Crippen molar-refractivity contribution in [1.82, 2.24) is 4.90 Å². The van der Waals surface area contributed by atoms with Crippen molar-refractivity contribution in [2.75, 3.05) is 12.8 Å². The summed E-state index contributed by atoms with van der Waals surface area (Å²) in [5.41, 5.74) is 6.59. The number of anilines is 1. The maximum Gasteiger partial charge on any atom is 0.340 e. The minimum atomic E-state index is -0.480. The zero-order chi connectivity index (χ0) is 18.1. The summed E-state index contributed by atoms with van der Waals surface area (Å²) >= 11 is 0. The van der Waals surface area contributed by atoms with Crippen LogP contribution in [0.1, 0.15) is 43.5 Å². The zero-order valence-corrected chi connectivity index (χ0v) is 15.0. The van der Waals surface area contributed by atoms with Gasteiger partial charge in [0.05, 0.1) is 11.7 Å². The van der Waals surface area contributed by atoms with E-state index >= 15 is 0 Å². The molecule has 0 spiro atoms. The third-order valence-corrected chi connectivity index (χ3v) is 5.28. The normalized spacial score (nSPS) is 28.8. The molecule has 0 saturated carbocycles. The Morgan fingerprint density at radius 1 is 1.24 bits per heavy atom. The number of nitrogen functional groups attached to an aromatic ring is 1. The lowest BCUT2D eigenvalue weighted by Crippen LogP contribution is -2.54. The number of hydrogen-bond donors (Lipinski definition) is 1. The number of piperidine rings is 1. The number of esters is 2. The molecule has 0 radical (unpaired) electrons. The number of nitrogens with two attached hydrogens (primary N) is 1. The number of hydrogen-bond acceptors (Lipinski definition) is 6. The van der Waals surface area contributed by atoms with Crippen molar-refractivity contribution >= 4 is 17.6 Å². The molecule has 0 aromatic heterocycles. The third kappa shape index (κ3) is 3.49. The van der Waals surface area contributed by atoms with Gasteiger partial charge in [0, 0.05) is 24.2 Å². The molecular formula is C19H26N2O4. The van der Waals surface area contributed by atoms with E-state index in [0.717, 1.165) is 12.8 Å². The van der Waals surface area contributed by atoms with Crippen LogP contribution >= 0.6 is 0 Å². The molecule has 0 aliphatic carbocycles. The first-order valence-electron chi connectivity index (χ1n) is 8.86. The first kappa shape index (κ1) is 17.7. The highest BCUT2D eigenvalue weighted by atomic mass is 16.6. The van der Waals surface area contributed by atoms with Gasteiger partial charge >= 0.3 is 11.9 Å². The molecule has 2 aliphatic rings. The molecule has 136 valence electrons. The fraction of sp³-hybridized carbons (Fsp3) is 0.579. The molecule has 2 aliphatic heterocycles. The van der Waals surface area contributed by atoms with Crippen LogP contribution in [0, 0.1) is 5.92 Å². The smallest absolute Gasteiger partial charge is 0.340 e. The van der Waals surface area contributed by atoms with E-state index in [9.17, 15) is 9.59 Å². The monoisotopic (exact) mass is 346 g/mol. The van der Waals surface area contributed by atoms with Gasteiger partial charge in [-0.2, -0.15) is 0 Å². The molecule has 0 unspecified atom stereocenters. The lowest BCUT2D eigenvalue weighted by molar-refractivity contribution is -0.162. The summed E-state index contributed by atoms with van der Waals surface area (Å²) in [6, 6.07) is 7.21. The summed E-state index contributed by atoms with van der Waals surface area (Å²) in [5, 5.41) is 0. The minimum absolute atomic E-state index is 0.0518. The van der Waals surface area contributed by atoms with E-state index in [4.69, 9.17) is 15.2 Å². The first-order valence-corrected chi connectivity index (χ1v) is 8.86. The van der Waals surface area contributed by atoms with Crippen LogP contribution < -0.4 is 5.73 Å². The SMILES string of the molecule is CC(C)OC(=O)[C@H]1[C@@H](OC(=O)c2ccccc2N)C[C@@H]2CC[C@H]1N2C. The molecule has 2 heterocycles. The van der Waals surface area contributed by atoms with Gasteiger partial charge in [0.1, 0.15) is 12.0 Å². The fourth-order valence-corrected chi connectivity index (χ4v) is 4.05. The Labute approximate surface area is 148 Å². The van der Waals surface area contributed by atoms with E-state index in [-0.39, 0.29) is 18.1 Å². The minimum Gasteiger partial charge on any atom is -0.463 e. The number of nitrogens with zero attached hydrogens (tertiary/aromatic N) is 1. The second-order valence-electron chi connectivity index (χ2n) is 7.24. The number of ether oxygens (including phenoxy) is 2. The number of rotatable bonds is 4. The van der Waals surface area contributed by atoms with E-state index in [0.29, 0.717) is 23.7 Å². The van der Waals surface area contributed by atoms with Crippen LogP contribution in [0.3, 0.4) is 0 Å². The van der Waals surface area contributed by atoms with Crippen molar-refractivity contribution in [2.24, 2.45) is 5.92 Å². The quantitative estimate of drug-likeness (QED) is 0.665. The molecule has 2 N–H and O–H groups in total. The molecule has 25 heavy (non-hydrogen) atoms. The van der Waals surface area contributed by atoms with Crippen LogP contribution in [0.15, 0.2) is 24.3 Å². The molecule has 3 rings (SSSR count). The second kappa shape index (κ2) is 7.04. The molecule has 2 bridgehead atoms. The lowest BCUT2D eigenvalue weighted by atomic mass is 9.87. The van der Waals surface area contributed by atoms with Crippen molar-refractivity contribution < 1.29 is 19.1 Å². The number of benzene rings is 1. The number of carbonyl (C=O) groups is 2. The topological polar surface area (TPSA) is 81.9 Å². The Morgan fingerprint density at radius 3 is 2.64 bits per heavy atom. The van der Waals surface area contributed by atoms with Crippen molar-refractivity contribution in [1.29, 1.82) is 0 Å². The molecule has 6 heteroatoms. The Bertz CT molecular complexity index is 661. The first-order chi connectivity index (χ1) is 11.9. The maximum absolute atomic E-state index is 12.7. The van der Waals surface area contributed by atoms with Crippen LogP contribution in [0.25, 0.3) is 0 Å². The van der Waals surface area contributed by atoms with Crippen LogP contribution in [-0.4, -0.2) is 48.2 Å². The molecular weight excluding hydrogens is 320 g/mol. The predicted octanol–water partition coefficient (Wildman–Crippen LogP) is 2.23. The summed E-state index contributed by atoms with van der Waals surface area (Å²) in [6.45, 7) is 3.65. The molecule has 2 saturated heterocycles. The Morgan fingerprint density at radius 2 is 1.96 bits per heavy atom. The zero-order valence-electron chi connectivity index (χ0n) is 15.0. The van der Waals surface area contributed by atoms with Gasteiger partial charge in [-0.15, -0.1) is 0 Å². The van der Waals surface area contributed by atoms with E-state index in [2.05, 4.69) is 4.90 Å². The average Bonchev–Trinajstić information content (AvgIpc) is 2.78. The van der Waals surface area contributed by atoms with Crippen molar-refractivity contribution in [3.8, 4) is 0 Å². The number of carbonyl (C=O) groups excluding carboxylic acids is 2. The van der Waals surface area contributed by atoms with E-state index < -0.39 is 18.0 Å². The standard InChI is InChI=1S/C19H26N2O4/c1-11(2)24-19(23)17-15-9-8-12(21(15)3)10-16(17)25-18(22)13-6-4-5-7-14(13)20/h4-7,11-12,15-17H,8-10,20H2,1-3H3/t12-,15+,16-,17+/m0/s1. The third-order valence-electron chi connectivity index (χ3n) is 5.28. The summed E-state index contributed by atoms with van der Waals surface area (Å²) in [4.78, 5) is 27.5. The van der Waals surface area contributed by atoms with Gasteiger partial charge in [0.25, 0.3) is 0 Å². The Kier molecular flexibility index (Phi) is 4.99. The Hall–Kier alpha value is -2.08. The van der Waals surface area contributed by atoms with Crippen LogP contribution in [-0.2, 0) is 14.3 Å². The van der Waals surface area contributed by atoms with E-state index in [1.165, 1.54) is 0 Å². The van der Waals surface area contributed by atoms with Crippen LogP contribution in [0.4, 0.5) is 5.69 Å². The summed E-state index contributed by atoms with van der Waals surface area (Å²) in [7, 11) is 2.03. The number of para-hydroxylation sites is 1. The van der Waals surface area contributed by atoms with Gasteiger partial charge in [-0.1, -0.05) is 12.1 Å². The maximum atomic E-state index is 12.7. The predicted molar refractivity (Wildman–Crippen MR) is 94.0 cm³/mol. The summed E-state index contributed by atoms with van der Waals surface area (Å²) < 4.78 is 11.2. The fourth-order valence-electron chi connectivity index (χ4n) is 4.05. The molecule has 0 amide bonds. The average molecular weight is 346 g/mol. The number of fused-ring (bicyclic) bond motifs is 2. The van der Waals surface area contributed by atoms with Crippen LogP contribution in [0.2, 0.25) is 0 Å². The van der Waals surface area contributed by atoms with Crippen molar-refractivity contribution in [3.63, 3.8) is 0 Å². The van der Waals surface area contributed by atoms with Crippen LogP contribution in [0.5, 0.6) is 0 Å². The molecule has 2 fully saturated rings. The molecule has 1 aromatic rings. The van der Waals surface area contributed by atoms with Gasteiger partial charge in [0.2, 0.25) is 0 Å². The highest BCUT2D eigenvalue weighted by Crippen LogP contribution is 2.40. The molecule has 6 nitrogen and oxygen atoms in total. The molecule has 1 aromatic carbocycles. The van der Waals surface area contributed by atoms with Gasteiger partial charge in [0.15, 0.2) is 0 Å². The Balaban J connectivity index is 1.81. The highest BCUT2D eigenvalue weighted by molar-refractivity contribution is 5.95. The summed E-state index contributed by atoms with van der Waals surface area (Å²) in [5.74, 6) is -1.22. The van der Waals surface area contributed by atoms with Crippen molar-refractivity contribution in [3.05, 3.63) is 29.8 Å². The van der Waals surface area contributed by atoms with Gasteiger partial charge in [-0.25, -0.2) is 4.79 Å². The lowest BCUT2D eigenvalue weighted by Gasteiger charge is -2.41. The van der Waals surface area contributed by atoms with E-state index in [1.807, 2.05) is 20.9 Å². The molecule has 4 atom stereocenters. The van der Waals surface area contributed by atoms with Crippen molar-refractivity contribution in [2.45, 2.75) is 57.4 Å². The largest absolute Gasteiger partial charge is 0.463 e. The van der Waals surface area contributed by atoms with Gasteiger partial charge in [-0.05, 0) is 45.9 Å². The highest BCUT2D eigenvalue weighted by Gasteiger charge is 2.51. The van der Waals surface area contributed by atoms with Gasteiger partial charge < -0.3 is 15.2 Å². The van der Waals surface area contributed by atoms with E-state index in [1.54, 1.807) is 24.3 Å². The summed E-state index contributed by atoms with van der Waals surface area (Å²) in [6.07, 6.45) is 1.89.